The molecule has 6 heteroatoms. The van der Waals surface area contributed by atoms with Crippen LogP contribution in [-0.2, 0) is 0 Å². The maximum Gasteiger partial charge on any atom is 0.337 e. The number of hydrogen-bond acceptors (Lipinski definition) is 3. The normalized spacial score (nSPS) is 16.2. The Bertz CT molecular complexity index is 481. The van der Waals surface area contributed by atoms with Gasteiger partial charge >= 0.3 is 12.0 Å². The lowest BCUT2D eigenvalue weighted by molar-refractivity contribution is 0.0698. The fourth-order valence-electron chi connectivity index (χ4n) is 2.04. The minimum atomic E-state index is -1.08. The van der Waals surface area contributed by atoms with Crippen LogP contribution >= 0.6 is 0 Å². The Hall–Kier alpha value is -2.08. The largest absolute Gasteiger partial charge is 0.478 e. The molecule has 0 radical (unpaired) electrons. The van der Waals surface area contributed by atoms with E-state index in [1.54, 1.807) is 23.1 Å². The molecule has 19 heavy (non-hydrogen) atoms. The Labute approximate surface area is 110 Å². The number of carbonyl (C=O) groups excluding carboxylic acids is 1. The molecule has 6 nitrogen and oxygen atoms in total. The number of urea groups is 1. The van der Waals surface area contributed by atoms with Gasteiger partial charge in [-0.1, -0.05) is 12.1 Å². The molecule has 0 spiro atoms. The second kappa shape index (κ2) is 5.71. The smallest absolute Gasteiger partial charge is 0.337 e. The topological polar surface area (TPSA) is 89.9 Å². The predicted octanol–water partition coefficient (Wildman–Crippen LogP) is 1.37. The number of aliphatic hydroxyl groups excluding tert-OH is 1. The number of piperidine rings is 1. The number of rotatable bonds is 2. The van der Waals surface area contributed by atoms with Gasteiger partial charge in [-0.05, 0) is 25.0 Å². The highest BCUT2D eigenvalue weighted by molar-refractivity contribution is 5.99. The molecular formula is C13H16N2O4. The van der Waals surface area contributed by atoms with Crippen molar-refractivity contribution < 1.29 is 19.8 Å². The molecule has 0 atom stereocenters. The monoisotopic (exact) mass is 264 g/mol. The average Bonchev–Trinajstić information content (AvgIpc) is 2.39. The fourth-order valence-corrected chi connectivity index (χ4v) is 2.04. The third-order valence-electron chi connectivity index (χ3n) is 3.15. The van der Waals surface area contributed by atoms with E-state index in [-0.39, 0.29) is 23.4 Å². The molecule has 2 rings (SSSR count). The number of benzene rings is 1. The van der Waals surface area contributed by atoms with Crippen molar-refractivity contribution in [1.29, 1.82) is 0 Å². The van der Waals surface area contributed by atoms with Crippen LogP contribution in [0.4, 0.5) is 10.5 Å². The van der Waals surface area contributed by atoms with Crippen molar-refractivity contribution in [2.45, 2.75) is 18.9 Å². The van der Waals surface area contributed by atoms with Crippen LogP contribution < -0.4 is 5.32 Å². The van der Waals surface area contributed by atoms with Crippen LogP contribution in [0.15, 0.2) is 24.3 Å². The van der Waals surface area contributed by atoms with Gasteiger partial charge in [0.1, 0.15) is 0 Å². The molecule has 1 aromatic carbocycles. The van der Waals surface area contributed by atoms with Crippen LogP contribution in [0.25, 0.3) is 0 Å². The van der Waals surface area contributed by atoms with Gasteiger partial charge in [-0.15, -0.1) is 0 Å². The van der Waals surface area contributed by atoms with Crippen LogP contribution in [0.3, 0.4) is 0 Å². The Morgan fingerprint density at radius 2 is 1.84 bits per heavy atom. The summed E-state index contributed by atoms with van der Waals surface area (Å²) in [7, 11) is 0. The zero-order chi connectivity index (χ0) is 13.8. The van der Waals surface area contributed by atoms with Crippen LogP contribution in [-0.4, -0.2) is 46.3 Å². The summed E-state index contributed by atoms with van der Waals surface area (Å²) in [6.45, 7) is 0.949. The third kappa shape index (κ3) is 3.23. The lowest BCUT2D eigenvalue weighted by atomic mass is 10.1. The summed E-state index contributed by atoms with van der Waals surface area (Å²) in [4.78, 5) is 24.6. The average molecular weight is 264 g/mol. The maximum absolute atomic E-state index is 12.0. The van der Waals surface area contributed by atoms with Crippen LogP contribution in [0, 0.1) is 0 Å². The van der Waals surface area contributed by atoms with Crippen molar-refractivity contribution in [1.82, 2.24) is 4.90 Å². The van der Waals surface area contributed by atoms with Gasteiger partial charge < -0.3 is 20.4 Å². The maximum atomic E-state index is 12.0. The number of nitrogens with zero attached hydrogens (tertiary/aromatic N) is 1. The number of aromatic carboxylic acids is 1. The molecule has 0 unspecified atom stereocenters. The second-order valence-electron chi connectivity index (χ2n) is 4.50. The molecular weight excluding hydrogens is 248 g/mol. The summed E-state index contributed by atoms with van der Waals surface area (Å²) in [6, 6.07) is 5.94. The minimum Gasteiger partial charge on any atom is -0.478 e. The summed E-state index contributed by atoms with van der Waals surface area (Å²) in [5, 5.41) is 21.0. The molecule has 0 aliphatic carbocycles. The number of anilines is 1. The van der Waals surface area contributed by atoms with E-state index in [4.69, 9.17) is 5.11 Å². The Balaban J connectivity index is 2.05. The highest BCUT2D eigenvalue weighted by Crippen LogP contribution is 2.17. The molecule has 1 fully saturated rings. The number of nitrogens with one attached hydrogen (secondary N) is 1. The highest BCUT2D eigenvalue weighted by atomic mass is 16.4. The molecule has 1 aliphatic rings. The predicted molar refractivity (Wildman–Crippen MR) is 69.2 cm³/mol. The van der Waals surface area contributed by atoms with Gasteiger partial charge in [0.25, 0.3) is 0 Å². The fraction of sp³-hybridized carbons (Fsp3) is 0.385. The van der Waals surface area contributed by atoms with E-state index in [0.717, 1.165) is 0 Å². The van der Waals surface area contributed by atoms with E-state index >= 15 is 0 Å². The summed E-state index contributed by atoms with van der Waals surface area (Å²) < 4.78 is 0. The van der Waals surface area contributed by atoms with Gasteiger partial charge in [-0.3, -0.25) is 0 Å². The highest BCUT2D eigenvalue weighted by Gasteiger charge is 2.22. The SMILES string of the molecule is O=C(O)c1ccccc1NC(=O)N1CCC(O)CC1. The second-order valence-corrected chi connectivity index (χ2v) is 4.50. The van der Waals surface area contributed by atoms with Crippen molar-refractivity contribution in [3.8, 4) is 0 Å². The molecule has 1 heterocycles. The number of likely N-dealkylation sites (tertiary alicyclic amines) is 1. The molecule has 1 aliphatic heterocycles. The summed E-state index contributed by atoms with van der Waals surface area (Å²) >= 11 is 0. The lowest BCUT2D eigenvalue weighted by Crippen LogP contribution is -2.42. The third-order valence-corrected chi connectivity index (χ3v) is 3.15. The van der Waals surface area contributed by atoms with Gasteiger partial charge in [0.15, 0.2) is 0 Å². The van der Waals surface area contributed by atoms with Crippen LogP contribution in [0.5, 0.6) is 0 Å². The van der Waals surface area contributed by atoms with Gasteiger partial charge in [0.05, 0.1) is 17.4 Å². The van der Waals surface area contributed by atoms with E-state index in [2.05, 4.69) is 5.32 Å². The number of amides is 2. The number of carboxylic acid groups (broad SMARTS) is 1. The summed E-state index contributed by atoms with van der Waals surface area (Å²) in [6.07, 6.45) is 0.748. The molecule has 1 saturated heterocycles. The Morgan fingerprint density at radius 3 is 2.47 bits per heavy atom. The zero-order valence-electron chi connectivity index (χ0n) is 10.4. The van der Waals surface area contributed by atoms with Crippen molar-refractivity contribution in [2.75, 3.05) is 18.4 Å². The Morgan fingerprint density at radius 1 is 1.21 bits per heavy atom. The molecule has 0 bridgehead atoms. The van der Waals surface area contributed by atoms with Crippen molar-refractivity contribution in [3.63, 3.8) is 0 Å². The van der Waals surface area contributed by atoms with E-state index < -0.39 is 5.97 Å². The molecule has 3 N–H and O–H groups in total. The molecule has 102 valence electrons. The summed E-state index contributed by atoms with van der Waals surface area (Å²) in [5.41, 5.74) is 0.346. The number of aliphatic hydroxyl groups is 1. The standard InChI is InChI=1S/C13H16N2O4/c16-9-5-7-15(8-6-9)13(19)14-11-4-2-1-3-10(11)12(17)18/h1-4,9,16H,5-8H2,(H,14,19)(H,17,18). The lowest BCUT2D eigenvalue weighted by Gasteiger charge is -2.29. The molecule has 2 amide bonds. The first-order chi connectivity index (χ1) is 9.08. The summed E-state index contributed by atoms with van der Waals surface area (Å²) in [5.74, 6) is -1.08. The van der Waals surface area contributed by atoms with Crippen molar-refractivity contribution in [3.05, 3.63) is 29.8 Å². The van der Waals surface area contributed by atoms with Crippen LogP contribution in [0.2, 0.25) is 0 Å². The van der Waals surface area contributed by atoms with E-state index in [0.29, 0.717) is 25.9 Å². The molecule has 0 saturated carbocycles. The number of carbonyl (C=O) groups is 2. The number of carboxylic acids is 1. The van der Waals surface area contributed by atoms with Crippen molar-refractivity contribution >= 4 is 17.7 Å². The zero-order valence-corrected chi connectivity index (χ0v) is 10.4. The number of hydrogen-bond donors (Lipinski definition) is 3. The molecule has 1 aromatic rings. The molecule has 0 aromatic heterocycles. The Kier molecular flexibility index (Phi) is 4.01. The number of para-hydroxylation sites is 1. The first-order valence-corrected chi connectivity index (χ1v) is 6.14. The van der Waals surface area contributed by atoms with Gasteiger partial charge in [-0.25, -0.2) is 9.59 Å². The van der Waals surface area contributed by atoms with Crippen molar-refractivity contribution in [2.24, 2.45) is 0 Å². The van der Waals surface area contributed by atoms with E-state index in [9.17, 15) is 14.7 Å². The van der Waals surface area contributed by atoms with Gasteiger partial charge in [-0.2, -0.15) is 0 Å². The first-order valence-electron chi connectivity index (χ1n) is 6.14. The van der Waals surface area contributed by atoms with Gasteiger partial charge in [0, 0.05) is 13.1 Å². The van der Waals surface area contributed by atoms with Crippen LogP contribution in [0.1, 0.15) is 23.2 Å². The van der Waals surface area contributed by atoms with E-state index in [1.807, 2.05) is 0 Å². The van der Waals surface area contributed by atoms with Gasteiger partial charge in [0.2, 0.25) is 0 Å². The van der Waals surface area contributed by atoms with E-state index in [1.165, 1.54) is 6.07 Å². The first kappa shape index (κ1) is 13.4. The minimum absolute atomic E-state index is 0.0629. The quantitative estimate of drug-likeness (QED) is 0.752.